The highest BCUT2D eigenvalue weighted by atomic mass is 127. The van der Waals surface area contributed by atoms with Crippen molar-refractivity contribution < 1.29 is 4.39 Å². The lowest BCUT2D eigenvalue weighted by Gasteiger charge is -2.23. The van der Waals surface area contributed by atoms with Crippen molar-refractivity contribution in [3.05, 3.63) is 34.1 Å². The van der Waals surface area contributed by atoms with Crippen molar-refractivity contribution in [3.63, 3.8) is 0 Å². The largest absolute Gasteiger partial charge is 0.370 e. The molecule has 1 aliphatic rings. The Morgan fingerprint density at radius 3 is 2.80 bits per heavy atom. The van der Waals surface area contributed by atoms with Crippen LogP contribution in [0.5, 0.6) is 0 Å². The molecule has 0 bridgehead atoms. The maximum Gasteiger partial charge on any atom is 0.188 e. The summed E-state index contributed by atoms with van der Waals surface area (Å²) in [6.45, 7) is 1.54. The lowest BCUT2D eigenvalue weighted by atomic mass is 9.86. The van der Waals surface area contributed by atoms with Gasteiger partial charge in [0.1, 0.15) is 5.82 Å². The molecule has 0 radical (unpaired) electrons. The first-order chi connectivity index (χ1) is 9.15. The topological polar surface area (TPSA) is 50.4 Å². The number of rotatable bonds is 5. The van der Waals surface area contributed by atoms with Gasteiger partial charge in [0, 0.05) is 13.1 Å². The summed E-state index contributed by atoms with van der Waals surface area (Å²) in [5.74, 6) is 1.000. The Kier molecular flexibility index (Phi) is 7.79. The molecular weight excluding hydrogens is 436 g/mol. The van der Waals surface area contributed by atoms with E-state index in [2.05, 4.69) is 26.2 Å². The second kappa shape index (κ2) is 8.81. The van der Waals surface area contributed by atoms with E-state index < -0.39 is 0 Å². The van der Waals surface area contributed by atoms with Gasteiger partial charge in [0.2, 0.25) is 0 Å². The van der Waals surface area contributed by atoms with Crippen LogP contribution in [-0.2, 0) is 6.42 Å². The van der Waals surface area contributed by atoms with Gasteiger partial charge in [0.25, 0.3) is 0 Å². The van der Waals surface area contributed by atoms with Gasteiger partial charge in [-0.3, -0.25) is 4.99 Å². The van der Waals surface area contributed by atoms with E-state index in [0.29, 0.717) is 17.0 Å². The van der Waals surface area contributed by atoms with E-state index in [1.54, 1.807) is 12.1 Å². The van der Waals surface area contributed by atoms with Gasteiger partial charge in [0.15, 0.2) is 5.96 Å². The van der Waals surface area contributed by atoms with Crippen molar-refractivity contribution in [1.82, 2.24) is 5.32 Å². The molecule has 1 aromatic carbocycles. The second-order valence-electron chi connectivity index (χ2n) is 4.95. The van der Waals surface area contributed by atoms with Gasteiger partial charge >= 0.3 is 0 Å². The number of halogens is 3. The molecule has 0 spiro atoms. The third kappa shape index (κ3) is 5.55. The quantitative estimate of drug-likeness (QED) is 0.406. The Morgan fingerprint density at radius 2 is 2.20 bits per heavy atom. The molecule has 2 rings (SSSR count). The van der Waals surface area contributed by atoms with Crippen molar-refractivity contribution in [1.29, 1.82) is 0 Å². The Morgan fingerprint density at radius 1 is 1.45 bits per heavy atom. The number of nitrogens with two attached hydrogens (primary N) is 1. The van der Waals surface area contributed by atoms with Gasteiger partial charge in [-0.15, -0.1) is 24.0 Å². The first-order valence-corrected chi connectivity index (χ1v) is 7.42. The third-order valence-corrected chi connectivity index (χ3v) is 4.06. The molecule has 0 aliphatic heterocycles. The zero-order valence-electron chi connectivity index (χ0n) is 11.2. The summed E-state index contributed by atoms with van der Waals surface area (Å²) in [5.41, 5.74) is 6.85. The van der Waals surface area contributed by atoms with Crippen LogP contribution >= 0.6 is 39.9 Å². The SMILES string of the molecule is I.NC(=NCC1CCC1)NCCc1ccc(F)c(Br)c1. The van der Waals surface area contributed by atoms with E-state index in [0.717, 1.165) is 24.4 Å². The van der Waals surface area contributed by atoms with E-state index in [9.17, 15) is 4.39 Å². The predicted octanol–water partition coefficient (Wildman–Crippen LogP) is 3.45. The van der Waals surface area contributed by atoms with Gasteiger partial charge in [-0.1, -0.05) is 12.5 Å². The molecule has 0 saturated heterocycles. The van der Waals surface area contributed by atoms with E-state index in [4.69, 9.17) is 5.73 Å². The number of aliphatic imine (C=N–C) groups is 1. The smallest absolute Gasteiger partial charge is 0.188 e. The van der Waals surface area contributed by atoms with Crippen molar-refractivity contribution in [3.8, 4) is 0 Å². The average molecular weight is 456 g/mol. The molecule has 20 heavy (non-hydrogen) atoms. The van der Waals surface area contributed by atoms with Crippen LogP contribution in [0, 0.1) is 11.7 Å². The molecule has 6 heteroatoms. The summed E-state index contributed by atoms with van der Waals surface area (Å²) in [6, 6.07) is 5.04. The van der Waals surface area contributed by atoms with Crippen LogP contribution in [0.2, 0.25) is 0 Å². The molecule has 1 aliphatic carbocycles. The van der Waals surface area contributed by atoms with Gasteiger partial charge < -0.3 is 11.1 Å². The first kappa shape index (κ1) is 17.7. The van der Waals surface area contributed by atoms with Gasteiger partial charge in [-0.25, -0.2) is 4.39 Å². The van der Waals surface area contributed by atoms with Crippen LogP contribution < -0.4 is 11.1 Å². The molecule has 112 valence electrons. The van der Waals surface area contributed by atoms with Crippen molar-refractivity contribution in [2.75, 3.05) is 13.1 Å². The lowest BCUT2D eigenvalue weighted by Crippen LogP contribution is -2.34. The van der Waals surface area contributed by atoms with Crippen molar-refractivity contribution >= 4 is 45.9 Å². The third-order valence-electron chi connectivity index (χ3n) is 3.45. The van der Waals surface area contributed by atoms with Crippen molar-refractivity contribution in [2.45, 2.75) is 25.7 Å². The van der Waals surface area contributed by atoms with E-state index in [-0.39, 0.29) is 29.8 Å². The molecule has 3 N–H and O–H groups in total. The Labute approximate surface area is 144 Å². The zero-order chi connectivity index (χ0) is 13.7. The molecule has 1 aromatic rings. The molecule has 0 amide bonds. The molecule has 1 saturated carbocycles. The van der Waals surface area contributed by atoms with Crippen LogP contribution in [0.1, 0.15) is 24.8 Å². The molecule has 0 atom stereocenters. The molecule has 0 unspecified atom stereocenters. The first-order valence-electron chi connectivity index (χ1n) is 6.63. The van der Waals surface area contributed by atoms with Gasteiger partial charge in [-0.05, 0) is 58.8 Å². The maximum absolute atomic E-state index is 13.1. The summed E-state index contributed by atoms with van der Waals surface area (Å²) in [6.07, 6.45) is 4.67. The maximum atomic E-state index is 13.1. The number of hydrogen-bond acceptors (Lipinski definition) is 1. The van der Waals surface area contributed by atoms with Gasteiger partial charge in [-0.2, -0.15) is 0 Å². The molecule has 0 heterocycles. The Balaban J connectivity index is 0.00000200. The predicted molar refractivity (Wildman–Crippen MR) is 95.1 cm³/mol. The summed E-state index contributed by atoms with van der Waals surface area (Å²) in [5, 5.41) is 3.09. The van der Waals surface area contributed by atoms with Crippen LogP contribution in [0.4, 0.5) is 4.39 Å². The number of benzene rings is 1. The highest BCUT2D eigenvalue weighted by molar-refractivity contribution is 14.0. The van der Waals surface area contributed by atoms with E-state index in [1.165, 1.54) is 25.3 Å². The average Bonchev–Trinajstić information content (AvgIpc) is 2.32. The fourth-order valence-electron chi connectivity index (χ4n) is 1.99. The molecule has 3 nitrogen and oxygen atoms in total. The summed E-state index contributed by atoms with van der Waals surface area (Å²) in [7, 11) is 0. The summed E-state index contributed by atoms with van der Waals surface area (Å²) < 4.78 is 13.6. The van der Waals surface area contributed by atoms with Gasteiger partial charge in [0.05, 0.1) is 4.47 Å². The molecule has 0 aromatic heterocycles. The monoisotopic (exact) mass is 455 g/mol. The highest BCUT2D eigenvalue weighted by Gasteiger charge is 2.16. The second-order valence-corrected chi connectivity index (χ2v) is 5.80. The fraction of sp³-hybridized carbons (Fsp3) is 0.500. The highest BCUT2D eigenvalue weighted by Crippen LogP contribution is 2.26. The number of nitrogens with one attached hydrogen (secondary N) is 1. The van der Waals surface area contributed by atoms with Crippen LogP contribution in [0.3, 0.4) is 0 Å². The lowest BCUT2D eigenvalue weighted by molar-refractivity contribution is 0.326. The minimum Gasteiger partial charge on any atom is -0.370 e. The van der Waals surface area contributed by atoms with Crippen molar-refractivity contribution in [2.24, 2.45) is 16.6 Å². The molecule has 1 fully saturated rings. The van der Waals surface area contributed by atoms with E-state index >= 15 is 0 Å². The number of hydrogen-bond donors (Lipinski definition) is 2. The molecular formula is C14H20BrFIN3. The minimum atomic E-state index is -0.238. The zero-order valence-corrected chi connectivity index (χ0v) is 15.2. The van der Waals surface area contributed by atoms with Crippen LogP contribution in [-0.4, -0.2) is 19.0 Å². The Bertz CT molecular complexity index is 464. The Hall–Kier alpha value is -0.370. The van der Waals surface area contributed by atoms with Crippen LogP contribution in [0.15, 0.2) is 27.7 Å². The number of guanidine groups is 1. The standard InChI is InChI=1S/C14H19BrFN3.HI/c15-12-8-10(4-5-13(12)16)6-7-18-14(17)19-9-11-2-1-3-11;/h4-5,8,11H,1-3,6-7,9H2,(H3,17,18,19);1H. The fourth-order valence-corrected chi connectivity index (χ4v) is 2.41. The minimum absolute atomic E-state index is 0. The van der Waals surface area contributed by atoms with E-state index in [1.807, 2.05) is 0 Å². The summed E-state index contributed by atoms with van der Waals surface area (Å²) in [4.78, 5) is 4.32. The number of nitrogens with zero attached hydrogens (tertiary/aromatic N) is 1. The summed E-state index contributed by atoms with van der Waals surface area (Å²) >= 11 is 3.18. The normalized spacial score (nSPS) is 15.4. The van der Waals surface area contributed by atoms with Crippen LogP contribution in [0.25, 0.3) is 0 Å².